The van der Waals surface area contributed by atoms with E-state index >= 15 is 0 Å². The summed E-state index contributed by atoms with van der Waals surface area (Å²) >= 11 is 0. The minimum Gasteiger partial charge on any atom is -0.455 e. The largest absolute Gasteiger partial charge is 0.455 e. The fourth-order valence-electron chi connectivity index (χ4n) is 5.71. The maximum absolute atomic E-state index is 14.6. The monoisotopic (exact) mass is 707 g/mol. The number of hydrogen-bond donors (Lipinski definition) is 1. The highest BCUT2D eigenvalue weighted by atomic mass is 19.4. The van der Waals surface area contributed by atoms with Crippen molar-refractivity contribution in [2.45, 2.75) is 67.1 Å². The van der Waals surface area contributed by atoms with Crippen molar-refractivity contribution in [1.82, 2.24) is 5.32 Å². The van der Waals surface area contributed by atoms with E-state index in [0.717, 1.165) is 38.3 Å². The maximum atomic E-state index is 14.6. The summed E-state index contributed by atoms with van der Waals surface area (Å²) in [5.74, 6) is -8.52. The van der Waals surface area contributed by atoms with Gasteiger partial charge >= 0.3 is 30.3 Å². The van der Waals surface area contributed by atoms with Crippen molar-refractivity contribution >= 4 is 23.8 Å². The SMILES string of the molecule is CO[C@@]12C[C@@H](OC(=O)[C@](OC)(c3ccccc3)C(F)(F)F)[C@@H](OC1=O)[C@@H]([C@@H](CNC(C)=O)OC(=O)[C@](OC)(c1ccccc1)C(F)(F)F)O2. The number of carbonyl (C=O) groups is 4. The highest BCUT2D eigenvalue weighted by Crippen LogP contribution is 2.47. The van der Waals surface area contributed by atoms with Crippen LogP contribution in [0.5, 0.6) is 0 Å². The van der Waals surface area contributed by atoms with Gasteiger partial charge < -0.3 is 38.5 Å². The first-order valence-electron chi connectivity index (χ1n) is 14.4. The van der Waals surface area contributed by atoms with Crippen LogP contribution >= 0.6 is 0 Å². The predicted octanol–water partition coefficient (Wildman–Crippen LogP) is 3.21. The molecule has 2 aromatic carbocycles. The van der Waals surface area contributed by atoms with Crippen LogP contribution in [-0.4, -0.2) is 94.2 Å². The number of esters is 3. The molecule has 3 saturated heterocycles. The van der Waals surface area contributed by atoms with Crippen LogP contribution < -0.4 is 5.32 Å². The number of alkyl halides is 6. The van der Waals surface area contributed by atoms with Crippen LogP contribution in [0.3, 0.4) is 0 Å². The molecular formula is C31H31F6NO11. The standard InChI is InChI=1S/C31H31F6NO11/c1-17(39)38-16-21(47-26(42)29(45-4,31(35,36)37)19-13-9-6-10-14-19)23-22-20(15-27(43-2,49-23)24(40)48-22)46-25(41)28(44-3,30(32,33)34)18-11-7-5-8-12-18/h5-14,20-23H,15-16H2,1-4H3,(H,38,39)/t20-,21-,22-,23-,27-,28-,29-/m1/s1. The molecule has 0 radical (unpaired) electrons. The van der Waals surface area contributed by atoms with Gasteiger partial charge in [-0.3, -0.25) is 4.79 Å². The third-order valence-corrected chi connectivity index (χ3v) is 8.15. The lowest BCUT2D eigenvalue weighted by molar-refractivity contribution is -0.358. The molecule has 12 nitrogen and oxygen atoms in total. The van der Waals surface area contributed by atoms with Crippen LogP contribution in [0.1, 0.15) is 24.5 Å². The number of halogens is 6. The lowest BCUT2D eigenvalue weighted by atomic mass is 9.87. The van der Waals surface area contributed by atoms with Gasteiger partial charge in [0, 0.05) is 39.4 Å². The number of ether oxygens (including phenoxy) is 7. The van der Waals surface area contributed by atoms with E-state index in [1.54, 1.807) is 0 Å². The Balaban J connectivity index is 1.77. The van der Waals surface area contributed by atoms with E-state index in [-0.39, 0.29) is 0 Å². The zero-order valence-corrected chi connectivity index (χ0v) is 26.3. The Morgan fingerprint density at radius 1 is 0.857 bits per heavy atom. The molecule has 3 heterocycles. The van der Waals surface area contributed by atoms with Crippen LogP contribution in [0.25, 0.3) is 0 Å². The van der Waals surface area contributed by atoms with Crippen molar-refractivity contribution in [1.29, 1.82) is 0 Å². The van der Waals surface area contributed by atoms with Gasteiger partial charge in [0.25, 0.3) is 17.0 Å². The number of hydrogen-bond acceptors (Lipinski definition) is 11. The number of benzene rings is 2. The van der Waals surface area contributed by atoms with Gasteiger partial charge in [-0.1, -0.05) is 60.7 Å². The zero-order valence-electron chi connectivity index (χ0n) is 26.3. The molecule has 268 valence electrons. The lowest BCUT2D eigenvalue weighted by Gasteiger charge is -2.52. The van der Waals surface area contributed by atoms with Crippen molar-refractivity contribution < 1.29 is 78.7 Å². The molecule has 1 N–H and O–H groups in total. The van der Waals surface area contributed by atoms with E-state index in [4.69, 9.17) is 33.2 Å². The first-order valence-corrected chi connectivity index (χ1v) is 14.4. The number of methoxy groups -OCH3 is 3. The fourth-order valence-corrected chi connectivity index (χ4v) is 5.71. The van der Waals surface area contributed by atoms with E-state index in [2.05, 4.69) is 5.32 Å². The highest BCUT2D eigenvalue weighted by molar-refractivity contribution is 5.85. The molecule has 7 atom stereocenters. The van der Waals surface area contributed by atoms with Gasteiger partial charge in [-0.25, -0.2) is 14.4 Å². The molecule has 3 aliphatic rings. The molecule has 49 heavy (non-hydrogen) atoms. The van der Waals surface area contributed by atoms with Gasteiger partial charge in [0.05, 0.1) is 13.0 Å². The number of fused-ring (bicyclic) bond motifs is 3. The Morgan fingerprint density at radius 3 is 1.78 bits per heavy atom. The second-order valence-corrected chi connectivity index (χ2v) is 10.9. The summed E-state index contributed by atoms with van der Waals surface area (Å²) < 4.78 is 124. The van der Waals surface area contributed by atoms with Crippen molar-refractivity contribution in [3.05, 3.63) is 71.8 Å². The third-order valence-electron chi connectivity index (χ3n) is 8.15. The minimum atomic E-state index is -5.43. The number of rotatable bonds is 12. The normalized spacial score (nSPS) is 25.3. The average molecular weight is 708 g/mol. The van der Waals surface area contributed by atoms with Crippen molar-refractivity contribution in [2.75, 3.05) is 27.9 Å². The molecule has 3 aliphatic heterocycles. The van der Waals surface area contributed by atoms with E-state index in [9.17, 15) is 45.5 Å². The summed E-state index contributed by atoms with van der Waals surface area (Å²) in [5.41, 5.74) is -8.76. The van der Waals surface area contributed by atoms with Gasteiger partial charge in [0.15, 0.2) is 6.10 Å². The van der Waals surface area contributed by atoms with Crippen molar-refractivity contribution in [3.8, 4) is 0 Å². The van der Waals surface area contributed by atoms with Gasteiger partial charge in [-0.05, 0) is 0 Å². The van der Waals surface area contributed by atoms with Crippen molar-refractivity contribution in [3.63, 3.8) is 0 Å². The summed E-state index contributed by atoms with van der Waals surface area (Å²) in [6.45, 7) is 0.249. The zero-order chi connectivity index (χ0) is 36.4. The molecule has 0 aliphatic carbocycles. The number of nitrogens with one attached hydrogen (secondary N) is 1. The Bertz CT molecular complexity index is 1530. The van der Waals surface area contributed by atoms with Gasteiger partial charge in [0.2, 0.25) is 5.91 Å². The quantitative estimate of drug-likeness (QED) is 0.197. The van der Waals surface area contributed by atoms with Gasteiger partial charge in [0.1, 0.15) is 18.3 Å². The Morgan fingerprint density at radius 2 is 1.35 bits per heavy atom. The van der Waals surface area contributed by atoms with Gasteiger partial charge in [-0.2, -0.15) is 26.3 Å². The van der Waals surface area contributed by atoms with E-state index in [1.165, 1.54) is 36.4 Å². The predicted molar refractivity (Wildman–Crippen MR) is 150 cm³/mol. The van der Waals surface area contributed by atoms with E-state index in [1.807, 2.05) is 0 Å². The first kappa shape index (κ1) is 37.6. The summed E-state index contributed by atoms with van der Waals surface area (Å²) in [4.78, 5) is 51.8. The molecule has 5 rings (SSSR count). The first-order chi connectivity index (χ1) is 22.9. The summed E-state index contributed by atoms with van der Waals surface area (Å²) in [7, 11) is 2.16. The summed E-state index contributed by atoms with van der Waals surface area (Å²) in [6, 6.07) is 11.4. The molecule has 18 heteroatoms. The van der Waals surface area contributed by atoms with Gasteiger partial charge in [-0.15, -0.1) is 0 Å². The smallest absolute Gasteiger partial charge is 0.432 e. The van der Waals surface area contributed by atoms with Crippen LogP contribution in [-0.2, 0) is 63.5 Å². The average Bonchev–Trinajstić information content (AvgIpc) is 3.04. The molecular weight excluding hydrogens is 676 g/mol. The Kier molecular flexibility index (Phi) is 10.7. The van der Waals surface area contributed by atoms with Crippen LogP contribution in [0, 0.1) is 0 Å². The molecule has 0 saturated carbocycles. The fraction of sp³-hybridized carbons (Fsp3) is 0.484. The topological polar surface area (TPSA) is 145 Å². The minimum absolute atomic E-state index is 0.607. The highest BCUT2D eigenvalue weighted by Gasteiger charge is 2.69. The Hall–Kier alpha value is -4.26. The van der Waals surface area contributed by atoms with Crippen LogP contribution in [0.4, 0.5) is 26.3 Å². The molecule has 1 amide bonds. The molecule has 2 bridgehead atoms. The maximum Gasteiger partial charge on any atom is 0.432 e. The van der Waals surface area contributed by atoms with E-state index < -0.39 is 102 Å². The number of amides is 1. The second-order valence-electron chi connectivity index (χ2n) is 10.9. The third kappa shape index (κ3) is 6.56. The van der Waals surface area contributed by atoms with E-state index in [0.29, 0.717) is 14.2 Å². The molecule has 2 aromatic rings. The summed E-state index contributed by atoms with van der Waals surface area (Å²) in [5, 5.41) is 2.25. The molecule has 0 aromatic heterocycles. The molecule has 3 fully saturated rings. The van der Waals surface area contributed by atoms with Crippen LogP contribution in [0.15, 0.2) is 60.7 Å². The molecule has 0 spiro atoms. The molecule has 0 unspecified atom stereocenters. The summed E-state index contributed by atoms with van der Waals surface area (Å²) in [6.07, 6.45) is -19.2. The number of carbonyl (C=O) groups excluding carboxylic acids is 4. The second kappa shape index (κ2) is 13.9. The van der Waals surface area contributed by atoms with Crippen molar-refractivity contribution in [2.24, 2.45) is 0 Å². The Labute approximate surface area is 274 Å². The van der Waals surface area contributed by atoms with Crippen LogP contribution in [0.2, 0.25) is 0 Å². The lowest BCUT2D eigenvalue weighted by Crippen LogP contribution is -2.71.